The van der Waals surface area contributed by atoms with E-state index in [0.717, 1.165) is 5.57 Å². The fraction of sp³-hybridized carbons (Fsp3) is 0.250. The highest BCUT2D eigenvalue weighted by Crippen LogP contribution is 2.17. The van der Waals surface area contributed by atoms with Crippen LogP contribution in [0.1, 0.15) is 6.92 Å². The first-order chi connectivity index (χ1) is 4.63. The lowest BCUT2D eigenvalue weighted by Crippen LogP contribution is -1.88. The minimum absolute atomic E-state index is 0.495. The van der Waals surface area contributed by atoms with Gasteiger partial charge in [-0.3, -0.25) is 0 Å². The first kappa shape index (κ1) is 9.31. The smallest absolute Gasteiger partial charge is 0.139 e. The monoisotopic (exact) mass is 158 g/mol. The average Bonchev–Trinajstić information content (AvgIpc) is 1.88. The van der Waals surface area contributed by atoms with Crippen LogP contribution >= 0.6 is 11.6 Å². The van der Waals surface area contributed by atoms with Crippen LogP contribution in [0.2, 0.25) is 0 Å². The molecule has 0 saturated carbocycles. The normalized spacial score (nSPS) is 11.9. The quantitative estimate of drug-likeness (QED) is 0.454. The molecule has 0 aromatic rings. The van der Waals surface area contributed by atoms with Crippen molar-refractivity contribution in [3.05, 3.63) is 35.6 Å². The molecule has 0 aliphatic carbocycles. The number of allylic oxidation sites excluding steroid dienone is 3. The number of hydrogen-bond donors (Lipinski definition) is 0. The van der Waals surface area contributed by atoms with Gasteiger partial charge in [-0.2, -0.15) is 0 Å². The molecular formula is C8H11ClO. The maximum absolute atomic E-state index is 5.70. The summed E-state index contributed by atoms with van der Waals surface area (Å²) in [4.78, 5) is 0. The van der Waals surface area contributed by atoms with Gasteiger partial charge >= 0.3 is 0 Å². The second kappa shape index (κ2) is 4.18. The lowest BCUT2D eigenvalue weighted by molar-refractivity contribution is 0.300. The average molecular weight is 159 g/mol. The first-order valence-electron chi connectivity index (χ1n) is 2.85. The maximum atomic E-state index is 5.70. The number of rotatable bonds is 3. The first-order valence-corrected chi connectivity index (χ1v) is 3.23. The van der Waals surface area contributed by atoms with Crippen molar-refractivity contribution in [1.82, 2.24) is 0 Å². The highest BCUT2D eigenvalue weighted by atomic mass is 35.5. The topological polar surface area (TPSA) is 9.23 Å². The van der Waals surface area contributed by atoms with E-state index < -0.39 is 0 Å². The molecular weight excluding hydrogens is 148 g/mol. The summed E-state index contributed by atoms with van der Waals surface area (Å²) in [5.74, 6) is 0.594. The third kappa shape index (κ3) is 2.28. The summed E-state index contributed by atoms with van der Waals surface area (Å²) in [5, 5.41) is 0.495. The summed E-state index contributed by atoms with van der Waals surface area (Å²) in [6.45, 7) is 9.01. The fourth-order valence-electron chi connectivity index (χ4n) is 0.568. The van der Waals surface area contributed by atoms with Crippen LogP contribution in [0.5, 0.6) is 0 Å². The van der Waals surface area contributed by atoms with Crippen molar-refractivity contribution >= 4 is 11.6 Å². The third-order valence-corrected chi connectivity index (χ3v) is 1.31. The Bertz CT molecular complexity index is 180. The standard InChI is InChI=1S/C8H11ClO/c1-5-7(9)8(10-4)6(2)3/h5H,1-2H2,3-4H3/b8-7-. The predicted molar refractivity (Wildman–Crippen MR) is 44.9 cm³/mol. The van der Waals surface area contributed by atoms with Crippen molar-refractivity contribution in [3.8, 4) is 0 Å². The van der Waals surface area contributed by atoms with Gasteiger partial charge in [-0.15, -0.1) is 0 Å². The molecule has 0 aliphatic rings. The molecule has 0 saturated heterocycles. The summed E-state index contributed by atoms with van der Waals surface area (Å²) in [6.07, 6.45) is 1.52. The lowest BCUT2D eigenvalue weighted by atomic mass is 10.2. The SMILES string of the molecule is C=C/C(Cl)=C(/OC)C(=C)C. The Balaban J connectivity index is 4.62. The van der Waals surface area contributed by atoms with Crippen LogP contribution in [0.4, 0.5) is 0 Å². The molecule has 0 aliphatic heterocycles. The van der Waals surface area contributed by atoms with Gasteiger partial charge in [0.2, 0.25) is 0 Å². The van der Waals surface area contributed by atoms with Gasteiger partial charge in [0.05, 0.1) is 12.1 Å². The van der Waals surface area contributed by atoms with Crippen LogP contribution in [0.25, 0.3) is 0 Å². The molecule has 0 heterocycles. The van der Waals surface area contributed by atoms with E-state index in [4.69, 9.17) is 16.3 Å². The van der Waals surface area contributed by atoms with Gasteiger partial charge in [0.25, 0.3) is 0 Å². The van der Waals surface area contributed by atoms with Crippen molar-refractivity contribution < 1.29 is 4.74 Å². The van der Waals surface area contributed by atoms with Gasteiger partial charge in [-0.1, -0.05) is 24.8 Å². The molecule has 2 heteroatoms. The Kier molecular flexibility index (Phi) is 3.89. The van der Waals surface area contributed by atoms with Gasteiger partial charge < -0.3 is 4.74 Å². The Labute approximate surface area is 66.6 Å². The summed E-state index contributed by atoms with van der Waals surface area (Å²) >= 11 is 5.70. The Morgan fingerprint density at radius 1 is 1.60 bits per heavy atom. The van der Waals surface area contributed by atoms with Crippen LogP contribution < -0.4 is 0 Å². The molecule has 56 valence electrons. The zero-order chi connectivity index (χ0) is 8.15. The number of halogens is 1. The second-order valence-electron chi connectivity index (χ2n) is 1.87. The highest BCUT2D eigenvalue weighted by Gasteiger charge is 2.00. The zero-order valence-corrected chi connectivity index (χ0v) is 7.03. The van der Waals surface area contributed by atoms with Gasteiger partial charge in [0, 0.05) is 0 Å². The van der Waals surface area contributed by atoms with E-state index in [-0.39, 0.29) is 0 Å². The highest BCUT2D eigenvalue weighted by molar-refractivity contribution is 6.31. The molecule has 0 fully saturated rings. The minimum atomic E-state index is 0.495. The predicted octanol–water partition coefficient (Wildman–Crippen LogP) is 2.85. The van der Waals surface area contributed by atoms with E-state index in [1.54, 1.807) is 7.11 Å². The molecule has 0 unspecified atom stereocenters. The number of methoxy groups -OCH3 is 1. The van der Waals surface area contributed by atoms with Crippen LogP contribution in [-0.2, 0) is 4.74 Å². The van der Waals surface area contributed by atoms with Crippen molar-refractivity contribution in [2.45, 2.75) is 6.92 Å². The molecule has 0 bridgehead atoms. The van der Waals surface area contributed by atoms with E-state index in [2.05, 4.69) is 13.2 Å². The van der Waals surface area contributed by atoms with Crippen molar-refractivity contribution in [2.75, 3.05) is 7.11 Å². The third-order valence-electron chi connectivity index (χ3n) is 0.988. The van der Waals surface area contributed by atoms with Gasteiger partial charge in [0.1, 0.15) is 5.76 Å². The molecule has 0 spiro atoms. The molecule has 0 rings (SSSR count). The Morgan fingerprint density at radius 2 is 2.10 bits per heavy atom. The van der Waals surface area contributed by atoms with Crippen LogP contribution in [0.15, 0.2) is 35.6 Å². The van der Waals surface area contributed by atoms with E-state index in [1.807, 2.05) is 6.92 Å². The van der Waals surface area contributed by atoms with E-state index >= 15 is 0 Å². The van der Waals surface area contributed by atoms with Gasteiger partial charge in [-0.25, -0.2) is 0 Å². The summed E-state index contributed by atoms with van der Waals surface area (Å²) < 4.78 is 4.94. The van der Waals surface area contributed by atoms with Crippen molar-refractivity contribution in [2.24, 2.45) is 0 Å². The zero-order valence-electron chi connectivity index (χ0n) is 6.28. The molecule has 0 aromatic carbocycles. The lowest BCUT2D eigenvalue weighted by Gasteiger charge is -2.05. The van der Waals surface area contributed by atoms with Gasteiger partial charge in [0.15, 0.2) is 0 Å². The molecule has 0 atom stereocenters. The Morgan fingerprint density at radius 3 is 2.20 bits per heavy atom. The van der Waals surface area contributed by atoms with Crippen molar-refractivity contribution in [3.63, 3.8) is 0 Å². The fourth-order valence-corrected chi connectivity index (χ4v) is 0.807. The summed E-state index contributed by atoms with van der Waals surface area (Å²) in [5.41, 5.74) is 0.799. The molecule has 0 aromatic heterocycles. The van der Waals surface area contributed by atoms with E-state index in [0.29, 0.717) is 10.8 Å². The summed E-state index contributed by atoms with van der Waals surface area (Å²) in [7, 11) is 1.55. The van der Waals surface area contributed by atoms with Crippen LogP contribution in [0, 0.1) is 0 Å². The largest absolute Gasteiger partial charge is 0.495 e. The number of hydrogen-bond acceptors (Lipinski definition) is 1. The van der Waals surface area contributed by atoms with Crippen LogP contribution in [0.3, 0.4) is 0 Å². The molecule has 0 radical (unpaired) electrons. The number of ether oxygens (including phenoxy) is 1. The molecule has 0 amide bonds. The molecule has 1 nitrogen and oxygen atoms in total. The van der Waals surface area contributed by atoms with E-state index in [1.165, 1.54) is 6.08 Å². The molecule has 0 N–H and O–H groups in total. The molecule has 10 heavy (non-hydrogen) atoms. The Hall–Kier alpha value is -0.690. The maximum Gasteiger partial charge on any atom is 0.139 e. The second-order valence-corrected chi connectivity index (χ2v) is 2.27. The minimum Gasteiger partial charge on any atom is -0.495 e. The van der Waals surface area contributed by atoms with Crippen LogP contribution in [-0.4, -0.2) is 7.11 Å². The summed E-state index contributed by atoms with van der Waals surface area (Å²) in [6, 6.07) is 0. The van der Waals surface area contributed by atoms with Gasteiger partial charge in [-0.05, 0) is 18.6 Å². The van der Waals surface area contributed by atoms with Crippen molar-refractivity contribution in [1.29, 1.82) is 0 Å². The van der Waals surface area contributed by atoms with E-state index in [9.17, 15) is 0 Å².